The number of hydrogen-bond donors (Lipinski definition) is 0. The topological polar surface area (TPSA) is 101 Å². The summed E-state index contributed by atoms with van der Waals surface area (Å²) in [4.78, 5) is 25.6. The summed E-state index contributed by atoms with van der Waals surface area (Å²) in [6.45, 7) is 5.74. The van der Waals surface area contributed by atoms with Crippen LogP contribution in [-0.4, -0.2) is 54.2 Å². The van der Waals surface area contributed by atoms with Crippen molar-refractivity contribution in [3.63, 3.8) is 0 Å². The summed E-state index contributed by atoms with van der Waals surface area (Å²) >= 11 is 0. The largest absolute Gasteiger partial charge is 0.361 e. The molecule has 1 saturated heterocycles. The van der Waals surface area contributed by atoms with Gasteiger partial charge >= 0.3 is 0 Å². The smallest absolute Gasteiger partial charge is 0.277 e. The summed E-state index contributed by atoms with van der Waals surface area (Å²) < 4.78 is 30.1. The van der Waals surface area contributed by atoms with E-state index in [1.807, 2.05) is 6.92 Å². The molecule has 1 fully saturated rings. The first-order valence-corrected chi connectivity index (χ1v) is 10.2. The van der Waals surface area contributed by atoms with E-state index in [0.29, 0.717) is 30.0 Å². The average molecular weight is 391 g/mol. The van der Waals surface area contributed by atoms with Gasteiger partial charge in [-0.25, -0.2) is 13.4 Å². The van der Waals surface area contributed by atoms with Gasteiger partial charge in [-0.15, -0.1) is 0 Å². The number of hydrogen-bond acceptors (Lipinski definition) is 6. The molecule has 0 N–H and O–H groups in total. The van der Waals surface area contributed by atoms with Gasteiger partial charge in [-0.2, -0.15) is 0 Å². The van der Waals surface area contributed by atoms with Gasteiger partial charge in [-0.05, 0) is 39.3 Å². The fourth-order valence-electron chi connectivity index (χ4n) is 3.07. The van der Waals surface area contributed by atoms with E-state index in [9.17, 15) is 18.0 Å². The van der Waals surface area contributed by atoms with E-state index in [4.69, 9.17) is 4.52 Å². The normalized spacial score (nSPS) is 14.6. The lowest BCUT2D eigenvalue weighted by Crippen LogP contribution is -2.47. The monoisotopic (exact) mass is 391 g/mol. The van der Waals surface area contributed by atoms with Gasteiger partial charge in [0.1, 0.15) is 17.1 Å². The zero-order valence-electron chi connectivity index (χ0n) is 15.4. The van der Waals surface area contributed by atoms with E-state index in [-0.39, 0.29) is 11.4 Å². The van der Waals surface area contributed by atoms with Crippen molar-refractivity contribution in [1.29, 1.82) is 0 Å². The molecule has 0 radical (unpaired) electrons. The van der Waals surface area contributed by atoms with E-state index in [0.717, 1.165) is 5.56 Å². The number of hydrazine groups is 1. The van der Waals surface area contributed by atoms with Crippen LogP contribution >= 0.6 is 0 Å². The standard InChI is InChI=1S/C18H21N3O5S/c1-12-5-7-15(8-6-12)27(24,25)11-16(22)20-9-4-10-21(20)18(23)17-13(2)19-26-14(17)3/h5-8H,4,9-11H2,1-3H3. The first kappa shape index (κ1) is 19.1. The summed E-state index contributed by atoms with van der Waals surface area (Å²) in [5, 5.41) is 6.25. The number of aryl methyl sites for hydroxylation is 3. The van der Waals surface area contributed by atoms with E-state index < -0.39 is 27.4 Å². The van der Waals surface area contributed by atoms with Gasteiger partial charge in [-0.3, -0.25) is 14.6 Å². The van der Waals surface area contributed by atoms with Crippen molar-refractivity contribution in [3.05, 3.63) is 46.8 Å². The van der Waals surface area contributed by atoms with Crippen LogP contribution in [0.1, 0.15) is 33.8 Å². The maximum absolute atomic E-state index is 12.8. The Morgan fingerprint density at radius 1 is 1.07 bits per heavy atom. The fraction of sp³-hybridized carbons (Fsp3) is 0.389. The van der Waals surface area contributed by atoms with Gasteiger partial charge < -0.3 is 4.52 Å². The summed E-state index contributed by atoms with van der Waals surface area (Å²) in [6.07, 6.45) is 0.575. The fourth-order valence-corrected chi connectivity index (χ4v) is 4.26. The molecule has 8 nitrogen and oxygen atoms in total. The summed E-state index contributed by atoms with van der Waals surface area (Å²) in [5.74, 6) is -1.37. The molecule has 1 aromatic heterocycles. The second-order valence-corrected chi connectivity index (χ2v) is 8.56. The van der Waals surface area contributed by atoms with Crippen molar-refractivity contribution in [2.75, 3.05) is 18.8 Å². The molecule has 0 bridgehead atoms. The zero-order chi connectivity index (χ0) is 19.8. The van der Waals surface area contributed by atoms with Crippen LogP contribution < -0.4 is 0 Å². The third-order valence-corrected chi connectivity index (χ3v) is 6.11. The minimum Gasteiger partial charge on any atom is -0.361 e. The lowest BCUT2D eigenvalue weighted by molar-refractivity contribution is -0.137. The van der Waals surface area contributed by atoms with Crippen LogP contribution in [0, 0.1) is 20.8 Å². The Kier molecular flexibility index (Phi) is 5.05. The van der Waals surface area contributed by atoms with E-state index in [1.165, 1.54) is 22.2 Å². The van der Waals surface area contributed by atoms with Gasteiger partial charge in [0.2, 0.25) is 0 Å². The first-order chi connectivity index (χ1) is 12.7. The van der Waals surface area contributed by atoms with E-state index in [1.54, 1.807) is 26.0 Å². The summed E-state index contributed by atoms with van der Waals surface area (Å²) in [5.41, 5.74) is 1.66. The molecule has 1 aliphatic heterocycles. The Morgan fingerprint density at radius 3 is 2.30 bits per heavy atom. The molecule has 0 aliphatic carbocycles. The van der Waals surface area contributed by atoms with Crippen LogP contribution in [0.2, 0.25) is 0 Å². The highest BCUT2D eigenvalue weighted by Crippen LogP contribution is 2.21. The second kappa shape index (κ2) is 7.15. The number of amides is 2. The highest BCUT2D eigenvalue weighted by Gasteiger charge is 2.35. The molecule has 9 heteroatoms. The molecule has 3 rings (SSSR count). The quantitative estimate of drug-likeness (QED) is 0.786. The third-order valence-electron chi connectivity index (χ3n) is 4.49. The Morgan fingerprint density at radius 2 is 1.70 bits per heavy atom. The SMILES string of the molecule is Cc1ccc(S(=O)(=O)CC(=O)N2CCCN2C(=O)c2c(C)noc2C)cc1. The molecule has 27 heavy (non-hydrogen) atoms. The van der Waals surface area contributed by atoms with Gasteiger partial charge in [-0.1, -0.05) is 22.9 Å². The Labute approximate surface area is 157 Å². The molecule has 2 aromatic rings. The summed E-state index contributed by atoms with van der Waals surface area (Å²) in [7, 11) is -3.79. The summed E-state index contributed by atoms with van der Waals surface area (Å²) in [6, 6.07) is 6.32. The average Bonchev–Trinajstić information content (AvgIpc) is 3.21. The highest BCUT2D eigenvalue weighted by atomic mass is 32.2. The van der Waals surface area contributed by atoms with Crippen LogP contribution in [0.15, 0.2) is 33.7 Å². The number of carbonyl (C=O) groups is 2. The molecule has 2 amide bonds. The number of benzene rings is 1. The van der Waals surface area contributed by atoms with Crippen molar-refractivity contribution in [2.24, 2.45) is 0 Å². The molecule has 0 atom stereocenters. The predicted octanol–water partition coefficient (Wildman–Crippen LogP) is 1.66. The van der Waals surface area contributed by atoms with Gasteiger partial charge in [0.25, 0.3) is 11.8 Å². The number of sulfone groups is 1. The minimum absolute atomic E-state index is 0.0873. The maximum atomic E-state index is 12.8. The zero-order valence-corrected chi connectivity index (χ0v) is 16.2. The number of nitrogens with zero attached hydrogens (tertiary/aromatic N) is 3. The Balaban J connectivity index is 1.79. The van der Waals surface area contributed by atoms with Crippen molar-refractivity contribution in [2.45, 2.75) is 32.1 Å². The molecule has 1 aromatic carbocycles. The van der Waals surface area contributed by atoms with Crippen molar-refractivity contribution in [1.82, 2.24) is 15.2 Å². The second-order valence-electron chi connectivity index (χ2n) is 6.57. The number of rotatable bonds is 4. The number of carbonyl (C=O) groups excluding carboxylic acids is 2. The minimum atomic E-state index is -3.79. The molecule has 144 valence electrons. The van der Waals surface area contributed by atoms with Crippen molar-refractivity contribution in [3.8, 4) is 0 Å². The van der Waals surface area contributed by atoms with Crippen LogP contribution in [0.25, 0.3) is 0 Å². The number of aromatic nitrogens is 1. The van der Waals surface area contributed by atoms with Crippen LogP contribution in [0.4, 0.5) is 0 Å². The third kappa shape index (κ3) is 3.73. The Hall–Kier alpha value is -2.68. The molecular weight excluding hydrogens is 370 g/mol. The van der Waals surface area contributed by atoms with E-state index >= 15 is 0 Å². The lowest BCUT2D eigenvalue weighted by Gasteiger charge is -2.27. The Bertz CT molecular complexity index is 959. The van der Waals surface area contributed by atoms with Gasteiger partial charge in [0.05, 0.1) is 10.6 Å². The van der Waals surface area contributed by atoms with E-state index in [2.05, 4.69) is 5.16 Å². The van der Waals surface area contributed by atoms with Crippen molar-refractivity contribution >= 4 is 21.7 Å². The molecule has 2 heterocycles. The molecule has 0 unspecified atom stereocenters. The molecular formula is C18H21N3O5S. The van der Waals surface area contributed by atoms with Crippen LogP contribution in [0.3, 0.4) is 0 Å². The lowest BCUT2D eigenvalue weighted by atomic mass is 10.2. The molecule has 1 aliphatic rings. The van der Waals surface area contributed by atoms with Gasteiger partial charge in [0, 0.05) is 13.1 Å². The predicted molar refractivity (Wildman–Crippen MR) is 96.6 cm³/mol. The van der Waals surface area contributed by atoms with Gasteiger partial charge in [0.15, 0.2) is 9.84 Å². The molecule has 0 saturated carbocycles. The maximum Gasteiger partial charge on any atom is 0.277 e. The first-order valence-electron chi connectivity index (χ1n) is 8.55. The molecule has 0 spiro atoms. The highest BCUT2D eigenvalue weighted by molar-refractivity contribution is 7.92. The van der Waals surface area contributed by atoms with Crippen LogP contribution in [0.5, 0.6) is 0 Å². The van der Waals surface area contributed by atoms with Crippen LogP contribution in [-0.2, 0) is 14.6 Å². The van der Waals surface area contributed by atoms with Crippen molar-refractivity contribution < 1.29 is 22.5 Å².